The van der Waals surface area contributed by atoms with Crippen LogP contribution < -0.4 is 9.80 Å². The van der Waals surface area contributed by atoms with Crippen LogP contribution in [0.1, 0.15) is 24.0 Å². The van der Waals surface area contributed by atoms with Gasteiger partial charge in [-0.15, -0.1) is 0 Å². The first-order valence-electron chi connectivity index (χ1n) is 12.0. The van der Waals surface area contributed by atoms with Crippen molar-refractivity contribution in [2.24, 2.45) is 7.05 Å². The van der Waals surface area contributed by atoms with Crippen LogP contribution in [-0.4, -0.2) is 60.5 Å². The molecule has 0 bridgehead atoms. The van der Waals surface area contributed by atoms with Gasteiger partial charge in [-0.1, -0.05) is 25.1 Å². The number of aromatic nitrogens is 7. The predicted octanol–water partition coefficient (Wildman–Crippen LogP) is 3.54. The summed E-state index contributed by atoms with van der Waals surface area (Å²) in [4.78, 5) is 18.2. The van der Waals surface area contributed by atoms with Gasteiger partial charge in [-0.05, 0) is 23.3 Å². The van der Waals surface area contributed by atoms with Crippen molar-refractivity contribution < 1.29 is 4.39 Å². The second-order valence-corrected chi connectivity index (χ2v) is 9.08. The molecule has 36 heavy (non-hydrogen) atoms. The molecule has 182 valence electrons. The van der Waals surface area contributed by atoms with Crippen LogP contribution in [0.25, 0.3) is 16.6 Å². The molecule has 1 atom stereocenters. The lowest BCUT2D eigenvalue weighted by atomic mass is 9.95. The first-order chi connectivity index (χ1) is 17.6. The van der Waals surface area contributed by atoms with E-state index in [1.165, 1.54) is 6.07 Å². The summed E-state index contributed by atoms with van der Waals surface area (Å²) in [6.07, 6.45) is 11.1. The molecule has 5 heterocycles. The minimum absolute atomic E-state index is 0.115. The molecule has 1 aromatic carbocycles. The van der Waals surface area contributed by atoms with E-state index in [0.717, 1.165) is 54.2 Å². The molecule has 0 N–H and O–H groups in total. The molecule has 5 aromatic rings. The van der Waals surface area contributed by atoms with E-state index in [0.29, 0.717) is 11.5 Å². The Hall–Kier alpha value is -4.34. The van der Waals surface area contributed by atoms with Crippen LogP contribution in [0.4, 0.5) is 16.2 Å². The third-order valence-corrected chi connectivity index (χ3v) is 6.82. The van der Waals surface area contributed by atoms with Crippen LogP contribution in [0, 0.1) is 5.82 Å². The first-order valence-corrected chi connectivity index (χ1v) is 12.0. The highest BCUT2D eigenvalue weighted by Crippen LogP contribution is 2.28. The molecule has 0 radical (unpaired) electrons. The van der Waals surface area contributed by atoms with Gasteiger partial charge in [-0.3, -0.25) is 4.68 Å². The predicted molar refractivity (Wildman–Crippen MR) is 136 cm³/mol. The van der Waals surface area contributed by atoms with E-state index in [1.54, 1.807) is 29.5 Å². The lowest BCUT2D eigenvalue weighted by Crippen LogP contribution is -2.47. The monoisotopic (exact) mass is 483 g/mol. The Kier molecular flexibility index (Phi) is 5.55. The Morgan fingerprint density at radius 1 is 0.861 bits per heavy atom. The molecule has 0 unspecified atom stereocenters. The summed E-state index contributed by atoms with van der Waals surface area (Å²) in [7, 11) is 1.91. The number of halogens is 1. The smallest absolute Gasteiger partial charge is 0.225 e. The van der Waals surface area contributed by atoms with Crippen molar-refractivity contribution in [2.75, 3.05) is 36.0 Å². The van der Waals surface area contributed by atoms with Crippen molar-refractivity contribution in [3.63, 3.8) is 0 Å². The Morgan fingerprint density at radius 2 is 1.61 bits per heavy atom. The molecular weight excluding hydrogens is 457 g/mol. The minimum Gasteiger partial charge on any atom is -0.351 e. The van der Waals surface area contributed by atoms with Crippen LogP contribution in [0.3, 0.4) is 0 Å². The van der Waals surface area contributed by atoms with Gasteiger partial charge in [0.15, 0.2) is 5.82 Å². The molecule has 1 aliphatic rings. The van der Waals surface area contributed by atoms with E-state index in [-0.39, 0.29) is 11.7 Å². The third-order valence-electron chi connectivity index (χ3n) is 6.82. The lowest BCUT2D eigenvalue weighted by molar-refractivity contribution is 0.602. The fourth-order valence-corrected chi connectivity index (χ4v) is 4.73. The van der Waals surface area contributed by atoms with Gasteiger partial charge in [0, 0.05) is 75.1 Å². The summed E-state index contributed by atoms with van der Waals surface area (Å²) in [5.41, 5.74) is 4.61. The highest BCUT2D eigenvalue weighted by Gasteiger charge is 2.23. The van der Waals surface area contributed by atoms with Crippen LogP contribution >= 0.6 is 0 Å². The Bertz CT molecular complexity index is 1500. The van der Waals surface area contributed by atoms with Gasteiger partial charge < -0.3 is 9.80 Å². The largest absolute Gasteiger partial charge is 0.351 e. The average molecular weight is 484 g/mol. The molecule has 4 aromatic heterocycles. The number of nitrogens with zero attached hydrogens (tertiary/aromatic N) is 9. The fraction of sp³-hybridized carbons (Fsp3) is 0.269. The summed E-state index contributed by atoms with van der Waals surface area (Å²) >= 11 is 0. The van der Waals surface area contributed by atoms with Crippen molar-refractivity contribution >= 4 is 17.3 Å². The molecule has 0 aliphatic carbocycles. The van der Waals surface area contributed by atoms with Gasteiger partial charge in [0.25, 0.3) is 0 Å². The number of rotatable bonds is 5. The van der Waals surface area contributed by atoms with E-state index in [2.05, 4.69) is 41.0 Å². The maximum Gasteiger partial charge on any atom is 0.225 e. The topological polar surface area (TPSA) is 80.3 Å². The zero-order valence-electron chi connectivity index (χ0n) is 20.2. The zero-order chi connectivity index (χ0) is 24.6. The maximum atomic E-state index is 14.2. The van der Waals surface area contributed by atoms with Crippen LogP contribution in [-0.2, 0) is 7.05 Å². The third kappa shape index (κ3) is 4.04. The average Bonchev–Trinajstić information content (AvgIpc) is 3.55. The molecule has 0 spiro atoms. The van der Waals surface area contributed by atoms with E-state index < -0.39 is 0 Å². The molecule has 1 aliphatic heterocycles. The van der Waals surface area contributed by atoms with Crippen molar-refractivity contribution in [3.8, 4) is 11.1 Å². The molecule has 0 amide bonds. The van der Waals surface area contributed by atoms with Crippen molar-refractivity contribution in [2.45, 2.75) is 12.8 Å². The fourth-order valence-electron chi connectivity index (χ4n) is 4.73. The molecular formula is C26H26FN9. The van der Waals surface area contributed by atoms with Crippen LogP contribution in [0.15, 0.2) is 67.6 Å². The highest BCUT2D eigenvalue weighted by molar-refractivity contribution is 5.77. The summed E-state index contributed by atoms with van der Waals surface area (Å²) in [5, 5.41) is 8.67. The standard InChI is InChI=1S/C26H26FN9/c1-18(22-5-3-4-6-23(22)27)20-12-28-26(29-13-20)35-9-7-34(8-10-35)25-24-11-19(16-36(24)32-17-30-25)21-14-31-33(2)15-21/h3-6,11-18H,7-10H2,1-2H3/t18-/m0/s1. The second-order valence-electron chi connectivity index (χ2n) is 9.08. The summed E-state index contributed by atoms with van der Waals surface area (Å²) in [6.45, 7) is 5.09. The first kappa shape index (κ1) is 22.1. The van der Waals surface area contributed by atoms with Gasteiger partial charge in [0.1, 0.15) is 17.7 Å². The van der Waals surface area contributed by atoms with Gasteiger partial charge in [-0.2, -0.15) is 10.2 Å². The van der Waals surface area contributed by atoms with Gasteiger partial charge >= 0.3 is 0 Å². The van der Waals surface area contributed by atoms with Gasteiger partial charge in [-0.25, -0.2) is 23.9 Å². The quantitative estimate of drug-likeness (QED) is 0.378. The number of hydrogen-bond donors (Lipinski definition) is 0. The van der Waals surface area contributed by atoms with E-state index >= 15 is 0 Å². The number of anilines is 2. The van der Waals surface area contributed by atoms with Gasteiger partial charge in [0.2, 0.25) is 5.95 Å². The van der Waals surface area contributed by atoms with E-state index in [9.17, 15) is 4.39 Å². The number of piperazine rings is 1. The van der Waals surface area contributed by atoms with Crippen molar-refractivity contribution in [3.05, 3.63) is 84.6 Å². The highest BCUT2D eigenvalue weighted by atomic mass is 19.1. The van der Waals surface area contributed by atoms with Crippen molar-refractivity contribution in [1.82, 2.24) is 34.3 Å². The Morgan fingerprint density at radius 3 is 2.33 bits per heavy atom. The van der Waals surface area contributed by atoms with E-state index in [1.807, 2.05) is 49.2 Å². The van der Waals surface area contributed by atoms with Crippen LogP contribution in [0.2, 0.25) is 0 Å². The zero-order valence-corrected chi connectivity index (χ0v) is 20.2. The molecule has 1 fully saturated rings. The normalized spacial score (nSPS) is 15.0. The molecule has 0 saturated carbocycles. The summed E-state index contributed by atoms with van der Waals surface area (Å²) in [5.74, 6) is 1.28. The van der Waals surface area contributed by atoms with E-state index in [4.69, 9.17) is 0 Å². The van der Waals surface area contributed by atoms with Crippen LogP contribution in [0.5, 0.6) is 0 Å². The second kappa shape index (κ2) is 9.03. The number of hydrogen-bond acceptors (Lipinski definition) is 7. The number of fused-ring (bicyclic) bond motifs is 1. The summed E-state index contributed by atoms with van der Waals surface area (Å²) in [6, 6.07) is 8.95. The molecule has 9 nitrogen and oxygen atoms in total. The molecule has 1 saturated heterocycles. The van der Waals surface area contributed by atoms with Crippen molar-refractivity contribution in [1.29, 1.82) is 0 Å². The number of benzene rings is 1. The minimum atomic E-state index is -0.209. The van der Waals surface area contributed by atoms with Gasteiger partial charge in [0.05, 0.1) is 6.20 Å². The SMILES string of the molecule is C[C@@H](c1cnc(N2CCN(c3ncnn4cc(-c5cnn(C)c5)cc34)CC2)nc1)c1ccccc1F. The Labute approximate surface area is 207 Å². The molecule has 10 heteroatoms. The Balaban J connectivity index is 1.16. The maximum absolute atomic E-state index is 14.2. The number of aryl methyl sites for hydroxylation is 1. The lowest BCUT2D eigenvalue weighted by Gasteiger charge is -2.35. The molecule has 6 rings (SSSR count). The summed E-state index contributed by atoms with van der Waals surface area (Å²) < 4.78 is 17.9.